The Morgan fingerprint density at radius 2 is 1.76 bits per heavy atom. The number of carbonyl (C=O) groups excluding carboxylic acids is 2. The molecule has 0 aliphatic heterocycles. The van der Waals surface area contributed by atoms with Gasteiger partial charge in [0, 0.05) is 0 Å². The lowest BCUT2D eigenvalue weighted by molar-refractivity contribution is -0.146. The molecule has 1 N–H and O–H groups in total. The number of hydrogen-bond acceptors (Lipinski definition) is 4. The maximum Gasteiger partial charge on any atom is 0.217 e. The highest BCUT2D eigenvalue weighted by Gasteiger charge is 2.49. The van der Waals surface area contributed by atoms with E-state index in [1.54, 1.807) is 24.3 Å². The standard InChI is InChI=1S/C17H20N2O2/c1-17(2,3)8-9-19-14-13(15(20)16(14)21)12-6-4-11(10-18)5-7-12/h4-7,13-14,19H,8-9H2,1-3H3. The Kier molecular flexibility index (Phi) is 4.24. The molecule has 4 nitrogen and oxygen atoms in total. The zero-order valence-electron chi connectivity index (χ0n) is 12.6. The Labute approximate surface area is 125 Å². The van der Waals surface area contributed by atoms with E-state index < -0.39 is 12.0 Å². The van der Waals surface area contributed by atoms with Crippen molar-refractivity contribution in [3.63, 3.8) is 0 Å². The maximum absolute atomic E-state index is 11.8. The zero-order chi connectivity index (χ0) is 15.6. The van der Waals surface area contributed by atoms with Crippen LogP contribution in [0.2, 0.25) is 0 Å². The third-order valence-electron chi connectivity index (χ3n) is 3.78. The first-order chi connectivity index (χ1) is 9.83. The normalized spacial score (nSPS) is 21.8. The molecule has 2 unspecified atom stereocenters. The van der Waals surface area contributed by atoms with Gasteiger partial charge < -0.3 is 5.32 Å². The highest BCUT2D eigenvalue weighted by Crippen LogP contribution is 2.31. The molecule has 1 aromatic rings. The maximum atomic E-state index is 11.8. The Hall–Kier alpha value is -1.99. The van der Waals surface area contributed by atoms with E-state index in [9.17, 15) is 9.59 Å². The average molecular weight is 284 g/mol. The van der Waals surface area contributed by atoms with E-state index >= 15 is 0 Å². The predicted octanol–water partition coefficient (Wildman–Crippen LogP) is 2.19. The van der Waals surface area contributed by atoms with Gasteiger partial charge in [-0.1, -0.05) is 32.9 Å². The number of nitrogens with zero attached hydrogens (tertiary/aromatic N) is 1. The zero-order valence-corrected chi connectivity index (χ0v) is 12.6. The van der Waals surface area contributed by atoms with Crippen molar-refractivity contribution < 1.29 is 9.59 Å². The van der Waals surface area contributed by atoms with Gasteiger partial charge in [0.2, 0.25) is 11.6 Å². The van der Waals surface area contributed by atoms with Gasteiger partial charge in [0.15, 0.2) is 0 Å². The molecule has 110 valence electrons. The highest BCUT2D eigenvalue weighted by molar-refractivity contribution is 6.49. The summed E-state index contributed by atoms with van der Waals surface area (Å²) in [5.41, 5.74) is 1.54. The predicted molar refractivity (Wildman–Crippen MR) is 79.8 cm³/mol. The van der Waals surface area contributed by atoms with Crippen molar-refractivity contribution in [3.05, 3.63) is 35.4 Å². The summed E-state index contributed by atoms with van der Waals surface area (Å²) in [6.45, 7) is 7.13. The van der Waals surface area contributed by atoms with Crippen molar-refractivity contribution in [1.82, 2.24) is 5.32 Å². The fourth-order valence-electron chi connectivity index (χ4n) is 2.44. The Morgan fingerprint density at radius 3 is 2.29 bits per heavy atom. The van der Waals surface area contributed by atoms with Crippen LogP contribution in [0, 0.1) is 16.7 Å². The molecule has 2 rings (SSSR count). The summed E-state index contributed by atoms with van der Waals surface area (Å²) in [5.74, 6) is -1.09. The molecule has 0 saturated heterocycles. The first-order valence-electron chi connectivity index (χ1n) is 7.15. The summed E-state index contributed by atoms with van der Waals surface area (Å²) < 4.78 is 0. The third-order valence-corrected chi connectivity index (χ3v) is 3.78. The summed E-state index contributed by atoms with van der Waals surface area (Å²) in [5, 5.41) is 12.0. The van der Waals surface area contributed by atoms with E-state index in [4.69, 9.17) is 5.26 Å². The van der Waals surface area contributed by atoms with Gasteiger partial charge in [0.25, 0.3) is 0 Å². The molecule has 0 heterocycles. The third kappa shape index (κ3) is 3.37. The van der Waals surface area contributed by atoms with Crippen LogP contribution >= 0.6 is 0 Å². The van der Waals surface area contributed by atoms with Crippen molar-refractivity contribution in [2.24, 2.45) is 5.41 Å². The van der Waals surface area contributed by atoms with Gasteiger partial charge in [-0.2, -0.15) is 5.26 Å². The lowest BCUT2D eigenvalue weighted by Gasteiger charge is -2.35. The second-order valence-electron chi connectivity index (χ2n) is 6.68. The van der Waals surface area contributed by atoms with Gasteiger partial charge in [-0.3, -0.25) is 9.59 Å². The van der Waals surface area contributed by atoms with E-state index in [0.717, 1.165) is 12.0 Å². The molecule has 0 amide bonds. The Balaban J connectivity index is 2.05. The minimum atomic E-state index is -0.423. The molecule has 0 bridgehead atoms. The van der Waals surface area contributed by atoms with E-state index in [1.807, 2.05) is 6.07 Å². The van der Waals surface area contributed by atoms with Crippen LogP contribution in [0.3, 0.4) is 0 Å². The van der Waals surface area contributed by atoms with Crippen LogP contribution < -0.4 is 5.32 Å². The van der Waals surface area contributed by atoms with Gasteiger partial charge in [-0.15, -0.1) is 0 Å². The van der Waals surface area contributed by atoms with Gasteiger partial charge >= 0.3 is 0 Å². The lowest BCUT2D eigenvalue weighted by Crippen LogP contribution is -2.58. The molecule has 1 saturated carbocycles. The molecule has 4 heteroatoms. The molecule has 1 aliphatic carbocycles. The largest absolute Gasteiger partial charge is 0.306 e. The summed E-state index contributed by atoms with van der Waals surface area (Å²) in [7, 11) is 0. The quantitative estimate of drug-likeness (QED) is 0.860. The summed E-state index contributed by atoms with van der Waals surface area (Å²) in [6.07, 6.45) is 0.936. The van der Waals surface area contributed by atoms with Gasteiger partial charge in [0.05, 0.1) is 23.6 Å². The van der Waals surface area contributed by atoms with Crippen LogP contribution in [0.4, 0.5) is 0 Å². The fourth-order valence-corrected chi connectivity index (χ4v) is 2.44. The molecule has 1 aliphatic rings. The number of nitriles is 1. The van der Waals surface area contributed by atoms with Crippen molar-refractivity contribution in [3.8, 4) is 6.07 Å². The van der Waals surface area contributed by atoms with E-state index in [2.05, 4.69) is 26.1 Å². The molecular weight excluding hydrogens is 264 g/mol. The average Bonchev–Trinajstić information content (AvgIpc) is 2.45. The van der Waals surface area contributed by atoms with Crippen LogP contribution in [0.25, 0.3) is 0 Å². The van der Waals surface area contributed by atoms with Gasteiger partial charge in [0.1, 0.15) is 0 Å². The van der Waals surface area contributed by atoms with Crippen LogP contribution in [-0.2, 0) is 9.59 Å². The fraction of sp³-hybridized carbons (Fsp3) is 0.471. The number of hydrogen-bond donors (Lipinski definition) is 1. The Bertz CT molecular complexity index is 591. The van der Waals surface area contributed by atoms with Crippen LogP contribution in [0.1, 0.15) is 44.2 Å². The molecule has 21 heavy (non-hydrogen) atoms. The molecule has 1 fully saturated rings. The number of Topliss-reactive ketones (excluding diaryl/α,β-unsaturated/α-hetero) is 2. The van der Waals surface area contributed by atoms with E-state index in [0.29, 0.717) is 12.1 Å². The summed E-state index contributed by atoms with van der Waals surface area (Å²) in [6, 6.07) is 8.49. The molecule has 2 atom stereocenters. The summed E-state index contributed by atoms with van der Waals surface area (Å²) in [4.78, 5) is 23.6. The Morgan fingerprint density at radius 1 is 1.14 bits per heavy atom. The highest BCUT2D eigenvalue weighted by atomic mass is 16.2. The molecular formula is C17H20N2O2. The monoisotopic (exact) mass is 284 g/mol. The minimum absolute atomic E-state index is 0.188. The smallest absolute Gasteiger partial charge is 0.217 e. The topological polar surface area (TPSA) is 70.0 Å². The van der Waals surface area contributed by atoms with Crippen molar-refractivity contribution in [1.29, 1.82) is 5.26 Å². The second-order valence-corrected chi connectivity index (χ2v) is 6.68. The van der Waals surface area contributed by atoms with E-state index in [1.165, 1.54) is 0 Å². The molecule has 0 aromatic heterocycles. The minimum Gasteiger partial charge on any atom is -0.306 e. The number of ketones is 2. The summed E-state index contributed by atoms with van der Waals surface area (Å²) >= 11 is 0. The van der Waals surface area contributed by atoms with Crippen LogP contribution in [0.15, 0.2) is 24.3 Å². The van der Waals surface area contributed by atoms with Crippen LogP contribution in [0.5, 0.6) is 0 Å². The number of benzene rings is 1. The van der Waals surface area contributed by atoms with Crippen molar-refractivity contribution >= 4 is 11.6 Å². The number of carbonyl (C=O) groups is 2. The van der Waals surface area contributed by atoms with Crippen LogP contribution in [-0.4, -0.2) is 24.2 Å². The molecule has 0 spiro atoms. The molecule has 0 radical (unpaired) electrons. The van der Waals surface area contributed by atoms with Crippen molar-refractivity contribution in [2.45, 2.75) is 39.2 Å². The van der Waals surface area contributed by atoms with Gasteiger partial charge in [-0.25, -0.2) is 0 Å². The number of nitrogens with one attached hydrogen (secondary N) is 1. The first kappa shape index (κ1) is 15.4. The van der Waals surface area contributed by atoms with E-state index in [-0.39, 0.29) is 17.0 Å². The van der Waals surface area contributed by atoms with Crippen molar-refractivity contribution in [2.75, 3.05) is 6.54 Å². The second kappa shape index (κ2) is 5.79. The number of rotatable bonds is 4. The first-order valence-corrected chi connectivity index (χ1v) is 7.15. The van der Waals surface area contributed by atoms with Gasteiger partial charge in [-0.05, 0) is 36.1 Å². The molecule has 1 aromatic carbocycles. The lowest BCUT2D eigenvalue weighted by atomic mass is 9.72. The SMILES string of the molecule is CC(C)(C)CCNC1C(=O)C(=O)C1c1ccc(C#N)cc1.